The molecule has 1 unspecified atom stereocenters. The molecule has 7 nitrogen and oxygen atoms in total. The Morgan fingerprint density at radius 2 is 2.25 bits per heavy atom. The molecule has 20 heavy (non-hydrogen) atoms. The number of carbonyl (C=O) groups excluding carboxylic acids is 1. The minimum absolute atomic E-state index is 0.0419. The van der Waals surface area contributed by atoms with Crippen LogP contribution in [-0.4, -0.2) is 67.6 Å². The molecule has 1 atom stereocenters. The summed E-state index contributed by atoms with van der Waals surface area (Å²) in [4.78, 5) is 24.2. The Bertz CT molecular complexity index is 322. The molecule has 0 aromatic carbocycles. The summed E-state index contributed by atoms with van der Waals surface area (Å²) < 4.78 is 10.5. The van der Waals surface area contributed by atoms with E-state index in [0.717, 1.165) is 0 Å². The Balaban J connectivity index is 2.22. The topological polar surface area (TPSA) is 88.1 Å². The maximum Gasteiger partial charge on any atom is 0.328 e. The number of amides is 2. The summed E-state index contributed by atoms with van der Waals surface area (Å²) in [5.74, 6) is -0.547. The molecule has 116 valence electrons. The van der Waals surface area contributed by atoms with Crippen molar-refractivity contribution in [1.29, 1.82) is 0 Å². The number of aliphatic carboxylic acids is 1. The summed E-state index contributed by atoms with van der Waals surface area (Å²) in [6, 6.07) is -1.26. The zero-order valence-electron chi connectivity index (χ0n) is 12.1. The van der Waals surface area contributed by atoms with Crippen molar-refractivity contribution in [3.63, 3.8) is 0 Å². The lowest BCUT2D eigenvalue weighted by Gasteiger charge is -2.32. The standard InChI is InChI=1S/C13H24N2O5/c1-10(2)8-19-6-3-4-14-13(18)15-5-7-20-9-11(15)12(16)17/h10-11H,3-9H2,1-2H3,(H,14,18)(H,16,17). The van der Waals surface area contributed by atoms with Gasteiger partial charge in [-0.2, -0.15) is 0 Å². The minimum Gasteiger partial charge on any atom is -0.480 e. The Morgan fingerprint density at radius 3 is 2.90 bits per heavy atom. The Morgan fingerprint density at radius 1 is 1.50 bits per heavy atom. The molecule has 0 aliphatic carbocycles. The monoisotopic (exact) mass is 288 g/mol. The van der Waals surface area contributed by atoms with Crippen molar-refractivity contribution in [2.24, 2.45) is 5.92 Å². The van der Waals surface area contributed by atoms with Gasteiger partial charge in [-0.1, -0.05) is 13.8 Å². The van der Waals surface area contributed by atoms with Gasteiger partial charge in [-0.05, 0) is 12.3 Å². The van der Waals surface area contributed by atoms with Crippen LogP contribution in [-0.2, 0) is 14.3 Å². The molecule has 0 aromatic rings. The summed E-state index contributed by atoms with van der Waals surface area (Å²) in [6.07, 6.45) is 0.709. The van der Waals surface area contributed by atoms with Crippen LogP contribution in [0.25, 0.3) is 0 Å². The van der Waals surface area contributed by atoms with E-state index >= 15 is 0 Å². The number of rotatable bonds is 7. The van der Waals surface area contributed by atoms with Gasteiger partial charge in [0.2, 0.25) is 0 Å². The van der Waals surface area contributed by atoms with E-state index in [1.165, 1.54) is 4.90 Å². The second-order valence-corrected chi connectivity index (χ2v) is 5.18. The van der Waals surface area contributed by atoms with Crippen LogP contribution < -0.4 is 5.32 Å². The fourth-order valence-corrected chi connectivity index (χ4v) is 1.84. The number of carboxylic acids is 1. The lowest BCUT2D eigenvalue weighted by atomic mass is 10.2. The van der Waals surface area contributed by atoms with E-state index in [1.54, 1.807) is 0 Å². The lowest BCUT2D eigenvalue weighted by Crippen LogP contribution is -2.55. The Labute approximate surface area is 119 Å². The normalized spacial score (nSPS) is 19.1. The molecule has 2 amide bonds. The molecule has 0 spiro atoms. The molecule has 0 radical (unpaired) electrons. The molecule has 1 heterocycles. The van der Waals surface area contributed by atoms with Crippen LogP contribution in [0.1, 0.15) is 20.3 Å². The average Bonchev–Trinajstić information content (AvgIpc) is 2.42. The fourth-order valence-electron chi connectivity index (χ4n) is 1.84. The number of hydrogen-bond donors (Lipinski definition) is 2. The van der Waals surface area contributed by atoms with Gasteiger partial charge in [-0.25, -0.2) is 9.59 Å². The van der Waals surface area contributed by atoms with Crippen molar-refractivity contribution >= 4 is 12.0 Å². The highest BCUT2D eigenvalue weighted by atomic mass is 16.5. The quantitative estimate of drug-likeness (QED) is 0.668. The molecular weight excluding hydrogens is 264 g/mol. The third kappa shape index (κ3) is 5.75. The second-order valence-electron chi connectivity index (χ2n) is 5.18. The maximum absolute atomic E-state index is 11.9. The van der Waals surface area contributed by atoms with E-state index in [4.69, 9.17) is 14.6 Å². The highest BCUT2D eigenvalue weighted by molar-refractivity contribution is 5.82. The van der Waals surface area contributed by atoms with Gasteiger partial charge in [0.05, 0.1) is 13.2 Å². The van der Waals surface area contributed by atoms with Crippen molar-refractivity contribution in [2.45, 2.75) is 26.3 Å². The van der Waals surface area contributed by atoms with E-state index in [9.17, 15) is 9.59 Å². The first-order chi connectivity index (χ1) is 9.52. The summed E-state index contributed by atoms with van der Waals surface area (Å²) in [5.41, 5.74) is 0. The van der Waals surface area contributed by atoms with Gasteiger partial charge in [0.25, 0.3) is 0 Å². The van der Waals surface area contributed by atoms with Crippen LogP contribution in [0.2, 0.25) is 0 Å². The van der Waals surface area contributed by atoms with E-state index in [2.05, 4.69) is 19.2 Å². The number of nitrogens with zero attached hydrogens (tertiary/aromatic N) is 1. The zero-order valence-corrected chi connectivity index (χ0v) is 12.1. The second kappa shape index (κ2) is 8.76. The van der Waals surface area contributed by atoms with Crippen LogP contribution in [0.5, 0.6) is 0 Å². The van der Waals surface area contributed by atoms with Gasteiger partial charge in [0, 0.05) is 26.3 Å². The number of carboxylic acid groups (broad SMARTS) is 1. The minimum atomic E-state index is -1.04. The third-order valence-corrected chi connectivity index (χ3v) is 2.87. The summed E-state index contributed by atoms with van der Waals surface area (Å²) >= 11 is 0. The smallest absolute Gasteiger partial charge is 0.328 e. The number of carbonyl (C=O) groups is 2. The summed E-state index contributed by atoms with van der Waals surface area (Å²) in [6.45, 7) is 6.63. The number of urea groups is 1. The molecule has 7 heteroatoms. The van der Waals surface area contributed by atoms with Crippen molar-refractivity contribution in [2.75, 3.05) is 39.5 Å². The highest BCUT2D eigenvalue weighted by Crippen LogP contribution is 2.07. The third-order valence-electron chi connectivity index (χ3n) is 2.87. The van der Waals surface area contributed by atoms with Crippen molar-refractivity contribution < 1.29 is 24.2 Å². The molecule has 1 aliphatic heterocycles. The van der Waals surface area contributed by atoms with Gasteiger partial charge in [0.15, 0.2) is 6.04 Å². The van der Waals surface area contributed by atoms with Crippen molar-refractivity contribution in [3.8, 4) is 0 Å². The van der Waals surface area contributed by atoms with Gasteiger partial charge >= 0.3 is 12.0 Å². The largest absolute Gasteiger partial charge is 0.480 e. The average molecular weight is 288 g/mol. The predicted octanol–water partition coefficient (Wildman–Crippen LogP) is 0.544. The lowest BCUT2D eigenvalue weighted by molar-refractivity contribution is -0.147. The first kappa shape index (κ1) is 16.7. The maximum atomic E-state index is 11.9. The molecule has 1 aliphatic rings. The fraction of sp³-hybridized carbons (Fsp3) is 0.846. The predicted molar refractivity (Wildman–Crippen MR) is 72.6 cm³/mol. The van der Waals surface area contributed by atoms with Gasteiger partial charge in [0.1, 0.15) is 0 Å². The zero-order chi connectivity index (χ0) is 15.0. The van der Waals surface area contributed by atoms with Crippen LogP contribution in [0.3, 0.4) is 0 Å². The molecule has 2 N–H and O–H groups in total. The number of ether oxygens (including phenoxy) is 2. The van der Waals surface area contributed by atoms with E-state index in [-0.39, 0.29) is 12.6 Å². The Hall–Kier alpha value is -1.34. The van der Waals surface area contributed by atoms with E-state index < -0.39 is 12.0 Å². The van der Waals surface area contributed by atoms with Crippen molar-refractivity contribution in [3.05, 3.63) is 0 Å². The van der Waals surface area contributed by atoms with Gasteiger partial charge < -0.3 is 24.8 Å². The van der Waals surface area contributed by atoms with E-state index in [0.29, 0.717) is 45.2 Å². The van der Waals surface area contributed by atoms with Gasteiger partial charge in [-0.15, -0.1) is 0 Å². The molecule has 1 fully saturated rings. The number of morpholine rings is 1. The summed E-state index contributed by atoms with van der Waals surface area (Å²) in [7, 11) is 0. The van der Waals surface area contributed by atoms with Gasteiger partial charge in [-0.3, -0.25) is 0 Å². The van der Waals surface area contributed by atoms with Crippen LogP contribution >= 0.6 is 0 Å². The molecule has 0 aromatic heterocycles. The SMILES string of the molecule is CC(C)COCCCNC(=O)N1CCOCC1C(=O)O. The first-order valence-electron chi connectivity index (χ1n) is 6.95. The number of nitrogens with one attached hydrogen (secondary N) is 1. The molecule has 0 bridgehead atoms. The molecule has 1 rings (SSSR count). The first-order valence-corrected chi connectivity index (χ1v) is 6.95. The van der Waals surface area contributed by atoms with E-state index in [1.807, 2.05) is 0 Å². The number of hydrogen-bond acceptors (Lipinski definition) is 4. The molecule has 0 saturated carbocycles. The van der Waals surface area contributed by atoms with Crippen molar-refractivity contribution in [1.82, 2.24) is 10.2 Å². The summed E-state index contributed by atoms with van der Waals surface area (Å²) in [5, 5.41) is 11.7. The highest BCUT2D eigenvalue weighted by Gasteiger charge is 2.32. The van der Waals surface area contributed by atoms with Crippen LogP contribution in [0.15, 0.2) is 0 Å². The van der Waals surface area contributed by atoms with Crippen LogP contribution in [0.4, 0.5) is 4.79 Å². The Kier molecular flexibility index (Phi) is 7.32. The molecular formula is C13H24N2O5. The molecule has 1 saturated heterocycles. The van der Waals surface area contributed by atoms with Crippen LogP contribution in [0, 0.1) is 5.92 Å².